The predicted octanol–water partition coefficient (Wildman–Crippen LogP) is 5.15. The van der Waals surface area contributed by atoms with Crippen LogP contribution in [0.4, 0.5) is 0 Å². The molecule has 0 spiro atoms. The van der Waals surface area contributed by atoms with E-state index in [9.17, 15) is 24.0 Å². The summed E-state index contributed by atoms with van der Waals surface area (Å²) in [6.45, 7) is 12.1. The average molecular weight is 1040 g/mol. The van der Waals surface area contributed by atoms with Crippen LogP contribution < -0.4 is 47.9 Å². The second kappa shape index (κ2) is 26.0. The Morgan fingerprint density at radius 3 is 2.19 bits per heavy atom. The molecule has 5 amide bonds. The molecule has 0 aromatic heterocycles. The van der Waals surface area contributed by atoms with Crippen LogP contribution in [0.1, 0.15) is 132 Å². The molecule has 10 N–H and O–H groups in total. The first-order chi connectivity index (χ1) is 36.0. The number of nitrogens with one attached hydrogen (secondary N) is 4. The SMILES string of the molecule is CCCCCCCCc1ccc(C(=O)N[C@@H](CCCN)C(=O)N(C)[C@@H]2C(=O)N[C@@H](C)C(=O)N[C@H](C(=O)NCB3OC[C@@H]4C[C@@H]5C[C@@H](C5(C)C)[C@]4(C)O3)Cc3ccc(OCCN)c(c3)-c3cc2ccc3OCCN)cc1. The summed E-state index contributed by atoms with van der Waals surface area (Å²) in [4.78, 5) is 73.5. The van der Waals surface area contributed by atoms with Crippen molar-refractivity contribution in [3.05, 3.63) is 82.9 Å². The first-order valence-electron chi connectivity index (χ1n) is 27.5. The Kier molecular flexibility index (Phi) is 19.8. The first kappa shape index (κ1) is 57.2. The minimum atomic E-state index is -1.34. The summed E-state index contributed by atoms with van der Waals surface area (Å²) in [6, 6.07) is 13.3. The van der Waals surface area contributed by atoms with Crippen LogP contribution in [0.5, 0.6) is 11.5 Å². The third-order valence-electron chi connectivity index (χ3n) is 16.4. The molecule has 5 aliphatic rings. The van der Waals surface area contributed by atoms with E-state index in [0.717, 1.165) is 37.7 Å². The molecule has 0 unspecified atom stereocenters. The molecule has 6 bridgehead atoms. The Morgan fingerprint density at radius 1 is 0.827 bits per heavy atom. The van der Waals surface area contributed by atoms with Crippen molar-refractivity contribution in [2.75, 3.05) is 52.9 Å². The summed E-state index contributed by atoms with van der Waals surface area (Å²) in [5, 5.41) is 11.7. The summed E-state index contributed by atoms with van der Waals surface area (Å²) >= 11 is 0. The average Bonchev–Trinajstić information content (AvgIpc) is 3.43. The van der Waals surface area contributed by atoms with E-state index in [1.54, 1.807) is 36.4 Å². The van der Waals surface area contributed by atoms with Crippen molar-refractivity contribution in [1.29, 1.82) is 0 Å². The van der Waals surface area contributed by atoms with Crippen molar-refractivity contribution >= 4 is 36.7 Å². The molecule has 3 saturated carbocycles. The number of carbonyl (C=O) groups is 5. The summed E-state index contributed by atoms with van der Waals surface area (Å²) in [7, 11) is 0.804. The van der Waals surface area contributed by atoms with Crippen LogP contribution in [-0.4, -0.2) is 118 Å². The lowest BCUT2D eigenvalue weighted by Gasteiger charge is -2.68. The number of fused-ring (bicyclic) bond motifs is 5. The molecule has 1 saturated heterocycles. The van der Waals surface area contributed by atoms with E-state index in [4.69, 9.17) is 36.0 Å². The molecule has 408 valence electrons. The molecule has 3 aromatic rings. The van der Waals surface area contributed by atoms with Gasteiger partial charge in [-0.1, -0.05) is 77.1 Å². The number of likely N-dealkylation sites (N-methyl/N-ethyl adjacent to an activating group) is 1. The predicted molar refractivity (Wildman–Crippen MR) is 290 cm³/mol. The standard InChI is InChI=1S/C57H83BN8O9/c1-7-8-9-10-11-12-14-37-16-19-39(20-17-37)52(68)64-45(15-13-24-59)55(71)66(6)50-40-21-23-48(73-28-26-61)44(31-40)43-29-38(18-22-47(43)72-27-25-60)30-46(65-51(67)36(2)63-54(50)70)53(69)62-35-58-74-34-42-32-41-33-49(56(41,3)4)57(42,5)75-58/h16-23,29,31,36,41-42,45-46,49-50H,7-15,24-28,30,32-35,59-61H2,1-6H3,(H,62,69)(H,63,70)(H,64,68)(H,65,67)/t36-,41+,42-,45-,46-,49-,50-,57+/m0/s1. The summed E-state index contributed by atoms with van der Waals surface area (Å²) < 4.78 is 25.3. The molecule has 8 atom stereocenters. The Morgan fingerprint density at radius 2 is 1.51 bits per heavy atom. The van der Waals surface area contributed by atoms with Crippen LogP contribution in [0.2, 0.25) is 0 Å². The second-order valence-electron chi connectivity index (χ2n) is 21.9. The van der Waals surface area contributed by atoms with Crippen molar-refractivity contribution in [1.82, 2.24) is 26.2 Å². The van der Waals surface area contributed by atoms with Crippen molar-refractivity contribution in [3.8, 4) is 22.6 Å². The summed E-state index contributed by atoms with van der Waals surface area (Å²) in [6.07, 6.45) is 10.9. The third-order valence-corrected chi connectivity index (χ3v) is 16.4. The lowest BCUT2D eigenvalue weighted by Crippen LogP contribution is -2.70. The maximum absolute atomic E-state index is 14.9. The fourth-order valence-corrected chi connectivity index (χ4v) is 11.8. The van der Waals surface area contributed by atoms with Gasteiger partial charge in [-0.15, -0.1) is 0 Å². The van der Waals surface area contributed by atoms with Crippen molar-refractivity contribution in [2.24, 2.45) is 40.4 Å². The Labute approximate surface area is 444 Å². The molecule has 0 radical (unpaired) electrons. The third kappa shape index (κ3) is 13.5. The van der Waals surface area contributed by atoms with Gasteiger partial charge in [-0.3, -0.25) is 24.0 Å². The van der Waals surface area contributed by atoms with E-state index in [2.05, 4.69) is 49.0 Å². The Bertz CT molecular complexity index is 2460. The van der Waals surface area contributed by atoms with E-state index in [-0.39, 0.29) is 69.1 Å². The van der Waals surface area contributed by atoms with Crippen molar-refractivity contribution < 1.29 is 42.8 Å². The molecule has 8 rings (SSSR count). The largest absolute Gasteiger partial charge is 0.492 e. The van der Waals surface area contributed by atoms with Crippen molar-refractivity contribution in [2.45, 2.75) is 141 Å². The molecule has 4 fully saturated rings. The van der Waals surface area contributed by atoms with E-state index >= 15 is 0 Å². The van der Waals surface area contributed by atoms with E-state index in [1.165, 1.54) is 44.6 Å². The lowest BCUT2D eigenvalue weighted by molar-refractivity contribution is -0.239. The fraction of sp³-hybridized carbons (Fsp3) is 0.596. The van der Waals surface area contributed by atoms with Gasteiger partial charge in [0.1, 0.15) is 48.9 Å². The fourth-order valence-electron chi connectivity index (χ4n) is 11.8. The number of ether oxygens (including phenoxy) is 2. The van der Waals surface area contributed by atoms with Gasteiger partial charge in [0, 0.05) is 55.8 Å². The van der Waals surface area contributed by atoms with Crippen LogP contribution >= 0.6 is 0 Å². The van der Waals surface area contributed by atoms with E-state index in [1.807, 2.05) is 24.3 Å². The Hall–Kier alpha value is -5.53. The van der Waals surface area contributed by atoms with Gasteiger partial charge in [-0.25, -0.2) is 0 Å². The highest BCUT2D eigenvalue weighted by Crippen LogP contribution is 2.66. The second-order valence-corrected chi connectivity index (χ2v) is 21.9. The van der Waals surface area contributed by atoms with E-state index < -0.39 is 60.8 Å². The number of benzene rings is 3. The highest BCUT2D eigenvalue weighted by atomic mass is 16.6. The van der Waals surface area contributed by atoms with Crippen LogP contribution in [0, 0.1) is 23.2 Å². The molecular weight excluding hydrogens is 951 g/mol. The van der Waals surface area contributed by atoms with Gasteiger partial charge in [-0.2, -0.15) is 0 Å². The quantitative estimate of drug-likeness (QED) is 0.0482. The number of nitrogens with two attached hydrogens (primary N) is 3. The molecule has 18 heteroatoms. The van der Waals surface area contributed by atoms with Crippen LogP contribution in [0.15, 0.2) is 60.7 Å². The van der Waals surface area contributed by atoms with Gasteiger partial charge in [0.25, 0.3) is 5.91 Å². The Balaban J connectivity index is 1.17. The van der Waals surface area contributed by atoms with Crippen LogP contribution in [0.25, 0.3) is 11.1 Å². The number of nitrogens with zero attached hydrogens (tertiary/aromatic N) is 1. The monoisotopic (exact) mass is 1030 g/mol. The molecule has 3 aromatic carbocycles. The molecule has 3 aliphatic carbocycles. The highest BCUT2D eigenvalue weighted by Gasteiger charge is 2.65. The normalized spacial score (nSPS) is 24.3. The minimum absolute atomic E-state index is 0.0580. The number of aryl methyl sites for hydroxylation is 1. The maximum atomic E-state index is 14.9. The van der Waals surface area contributed by atoms with Gasteiger partial charge in [0.2, 0.25) is 23.6 Å². The molecular formula is C57H83BN8O9. The number of rotatable bonds is 23. The van der Waals surface area contributed by atoms with Crippen molar-refractivity contribution in [3.63, 3.8) is 0 Å². The summed E-state index contributed by atoms with van der Waals surface area (Å²) in [5.74, 6) is -0.623. The number of unbranched alkanes of at least 4 members (excludes halogenated alkanes) is 5. The number of hydrogen-bond donors (Lipinski definition) is 7. The maximum Gasteiger partial charge on any atom is 0.477 e. The molecule has 17 nitrogen and oxygen atoms in total. The van der Waals surface area contributed by atoms with Gasteiger partial charge < -0.3 is 62.2 Å². The topological polar surface area (TPSA) is 252 Å². The van der Waals surface area contributed by atoms with Gasteiger partial charge >= 0.3 is 7.12 Å². The molecule has 2 aliphatic heterocycles. The van der Waals surface area contributed by atoms with Gasteiger partial charge in [0.15, 0.2) is 0 Å². The minimum Gasteiger partial charge on any atom is -0.492 e. The zero-order chi connectivity index (χ0) is 53.9. The number of amides is 5. The first-order valence-corrected chi connectivity index (χ1v) is 27.5. The number of carbonyl (C=O) groups excluding carboxylic acids is 5. The van der Waals surface area contributed by atoms with E-state index in [0.29, 0.717) is 64.2 Å². The molecule has 75 heavy (non-hydrogen) atoms. The zero-order valence-corrected chi connectivity index (χ0v) is 45.2. The highest BCUT2D eigenvalue weighted by molar-refractivity contribution is 6.45. The van der Waals surface area contributed by atoms with Gasteiger partial charge in [0.05, 0.1) is 12.0 Å². The van der Waals surface area contributed by atoms with Gasteiger partial charge in [-0.05, 0) is 129 Å². The number of hydrogen-bond acceptors (Lipinski definition) is 12. The zero-order valence-electron chi connectivity index (χ0n) is 45.2. The van der Waals surface area contributed by atoms with Crippen LogP contribution in [0.3, 0.4) is 0 Å². The van der Waals surface area contributed by atoms with Crippen LogP contribution in [-0.2, 0) is 41.3 Å². The molecule has 2 heterocycles. The lowest BCUT2D eigenvalue weighted by atomic mass is 9.41. The smallest absolute Gasteiger partial charge is 0.477 e. The summed E-state index contributed by atoms with van der Waals surface area (Å²) in [5.41, 5.74) is 21.2.